The summed E-state index contributed by atoms with van der Waals surface area (Å²) < 4.78 is 7.80. The van der Waals surface area contributed by atoms with Crippen LogP contribution >= 0.6 is 0 Å². The van der Waals surface area contributed by atoms with Gasteiger partial charge < -0.3 is 15.0 Å². The van der Waals surface area contributed by atoms with Crippen molar-refractivity contribution >= 4 is 21.8 Å². The number of aromatic nitrogens is 1. The topological polar surface area (TPSA) is 43.4 Å². The van der Waals surface area contributed by atoms with Gasteiger partial charge in [-0.2, -0.15) is 0 Å². The van der Waals surface area contributed by atoms with Crippen LogP contribution in [0.1, 0.15) is 43.7 Å². The van der Waals surface area contributed by atoms with Gasteiger partial charge in [-0.25, -0.2) is 0 Å². The lowest BCUT2D eigenvalue weighted by molar-refractivity contribution is 0.170. The molecule has 0 radical (unpaired) electrons. The number of para-hydroxylation sites is 1. The van der Waals surface area contributed by atoms with Crippen molar-refractivity contribution < 1.29 is 4.74 Å². The van der Waals surface area contributed by atoms with Crippen LogP contribution in [-0.2, 0) is 19.6 Å². The molecular weight excluding hydrogens is 430 g/mol. The maximum Gasteiger partial charge on any atom is 0.118 e. The van der Waals surface area contributed by atoms with Crippen LogP contribution in [0.2, 0.25) is 0 Å². The second-order valence-corrected chi connectivity index (χ2v) is 10.3. The molecule has 0 atom stereocenters. The summed E-state index contributed by atoms with van der Waals surface area (Å²) in [5, 5.41) is 2.72. The number of hydrogen-bond acceptors (Lipinski definition) is 3. The summed E-state index contributed by atoms with van der Waals surface area (Å²) >= 11 is 0. The largest absolute Gasteiger partial charge is 0.497 e. The molecular formula is C31H39N3O. The van der Waals surface area contributed by atoms with Crippen molar-refractivity contribution in [1.29, 1.82) is 0 Å². The number of ether oxygens (including phenoxy) is 1. The average molecular weight is 470 g/mol. The van der Waals surface area contributed by atoms with Crippen molar-refractivity contribution in [3.63, 3.8) is 0 Å². The number of hydrogen-bond donors (Lipinski definition) is 1. The number of benzene rings is 3. The van der Waals surface area contributed by atoms with Gasteiger partial charge in [0.1, 0.15) is 5.75 Å². The van der Waals surface area contributed by atoms with Crippen LogP contribution in [0.3, 0.4) is 0 Å². The van der Waals surface area contributed by atoms with Crippen LogP contribution in [-0.4, -0.2) is 29.7 Å². The molecule has 4 nitrogen and oxygen atoms in total. The van der Waals surface area contributed by atoms with Crippen molar-refractivity contribution in [1.82, 2.24) is 9.47 Å². The third-order valence-electron chi connectivity index (χ3n) is 7.94. The summed E-state index contributed by atoms with van der Waals surface area (Å²) in [5.74, 6) is 2.39. The molecule has 0 spiro atoms. The fourth-order valence-electron chi connectivity index (χ4n) is 5.99. The van der Waals surface area contributed by atoms with Crippen LogP contribution in [0.5, 0.6) is 5.75 Å². The minimum atomic E-state index is 0.722. The summed E-state index contributed by atoms with van der Waals surface area (Å²) in [7, 11) is 1.73. The Hall–Kier alpha value is -2.82. The highest BCUT2D eigenvalue weighted by Crippen LogP contribution is 2.32. The van der Waals surface area contributed by atoms with Gasteiger partial charge in [-0.15, -0.1) is 0 Å². The average Bonchev–Trinajstić information content (AvgIpc) is 3.22. The molecule has 3 aromatic carbocycles. The van der Waals surface area contributed by atoms with Crippen molar-refractivity contribution in [3.05, 3.63) is 77.9 Å². The van der Waals surface area contributed by atoms with Crippen molar-refractivity contribution in [2.75, 3.05) is 20.2 Å². The Bertz CT molecular complexity index is 1250. The van der Waals surface area contributed by atoms with E-state index in [1.165, 1.54) is 58.6 Å². The van der Waals surface area contributed by atoms with Crippen molar-refractivity contribution in [3.8, 4) is 5.75 Å². The fourth-order valence-corrected chi connectivity index (χ4v) is 5.99. The fraction of sp³-hybridized carbons (Fsp3) is 0.419. The first kappa shape index (κ1) is 23.9. The van der Waals surface area contributed by atoms with Gasteiger partial charge in [0.15, 0.2) is 0 Å². The molecule has 1 saturated carbocycles. The normalized spacial score (nSPS) is 18.5. The zero-order valence-corrected chi connectivity index (χ0v) is 21.2. The van der Waals surface area contributed by atoms with Gasteiger partial charge >= 0.3 is 0 Å². The van der Waals surface area contributed by atoms with Gasteiger partial charge in [0, 0.05) is 48.0 Å². The minimum Gasteiger partial charge on any atom is -0.497 e. The van der Waals surface area contributed by atoms with E-state index < -0.39 is 0 Å². The first-order chi connectivity index (χ1) is 17.2. The van der Waals surface area contributed by atoms with Gasteiger partial charge in [-0.1, -0.05) is 36.4 Å². The van der Waals surface area contributed by atoms with E-state index in [4.69, 9.17) is 10.5 Å². The zero-order valence-electron chi connectivity index (χ0n) is 21.2. The first-order valence-electron chi connectivity index (χ1n) is 13.2. The van der Waals surface area contributed by atoms with E-state index in [0.717, 1.165) is 50.3 Å². The number of rotatable bonds is 9. The molecule has 1 aliphatic carbocycles. The predicted molar refractivity (Wildman–Crippen MR) is 147 cm³/mol. The third-order valence-corrected chi connectivity index (χ3v) is 7.94. The van der Waals surface area contributed by atoms with Crippen molar-refractivity contribution in [2.24, 2.45) is 17.6 Å². The minimum absolute atomic E-state index is 0.722. The van der Waals surface area contributed by atoms with E-state index >= 15 is 0 Å². The van der Waals surface area contributed by atoms with Gasteiger partial charge in [0.25, 0.3) is 0 Å². The highest BCUT2D eigenvalue weighted by atomic mass is 16.5. The van der Waals surface area contributed by atoms with Crippen molar-refractivity contribution in [2.45, 2.75) is 52.2 Å². The van der Waals surface area contributed by atoms with E-state index in [-0.39, 0.29) is 0 Å². The third kappa shape index (κ3) is 5.24. The molecule has 1 heterocycles. The van der Waals surface area contributed by atoms with E-state index in [1.54, 1.807) is 7.11 Å². The predicted octanol–water partition coefficient (Wildman–Crippen LogP) is 6.59. The standard InChI is InChI=1S/C31H39N3O/c1-3-34-30-7-5-4-6-28(30)29-18-26(14-17-31(29)34)22-33(20-24-10-8-23(19-32)9-11-24)21-25-12-15-27(35-2)16-13-25/h4-7,12-18,23-24H,3,8-11,19-22,32H2,1-2H3. The molecule has 0 saturated heterocycles. The molecule has 184 valence electrons. The van der Waals surface area contributed by atoms with Gasteiger partial charge in [-0.05, 0) is 92.4 Å². The molecule has 1 aromatic heterocycles. The lowest BCUT2D eigenvalue weighted by Gasteiger charge is -2.32. The number of methoxy groups -OCH3 is 1. The molecule has 0 aliphatic heterocycles. The van der Waals surface area contributed by atoms with Gasteiger partial charge in [0.05, 0.1) is 7.11 Å². The van der Waals surface area contributed by atoms with Crippen LogP contribution in [0.15, 0.2) is 66.7 Å². The Kier molecular flexibility index (Phi) is 7.40. The van der Waals surface area contributed by atoms with E-state index in [2.05, 4.69) is 83.1 Å². The summed E-state index contributed by atoms with van der Waals surface area (Å²) in [6, 6.07) is 24.4. The second kappa shape index (κ2) is 10.8. The summed E-state index contributed by atoms with van der Waals surface area (Å²) in [6.07, 6.45) is 5.15. The monoisotopic (exact) mass is 469 g/mol. The van der Waals surface area contributed by atoms with Crippen LogP contribution < -0.4 is 10.5 Å². The molecule has 0 amide bonds. The highest BCUT2D eigenvalue weighted by molar-refractivity contribution is 6.08. The maximum atomic E-state index is 5.95. The number of fused-ring (bicyclic) bond motifs is 3. The quantitative estimate of drug-likeness (QED) is 0.301. The van der Waals surface area contributed by atoms with E-state index in [1.807, 2.05) is 0 Å². The zero-order chi connectivity index (χ0) is 24.2. The molecule has 35 heavy (non-hydrogen) atoms. The molecule has 0 bridgehead atoms. The summed E-state index contributed by atoms with van der Waals surface area (Å²) in [4.78, 5) is 2.65. The SMILES string of the molecule is CCn1c2ccccc2c2cc(CN(Cc3ccc(OC)cc3)CC3CCC(CN)CC3)ccc21. The van der Waals surface area contributed by atoms with Gasteiger partial charge in [-0.3, -0.25) is 4.90 Å². The molecule has 1 aliphatic rings. The molecule has 4 aromatic rings. The van der Waals surface area contributed by atoms with Gasteiger partial charge in [0.2, 0.25) is 0 Å². The molecule has 2 N–H and O–H groups in total. The second-order valence-electron chi connectivity index (χ2n) is 10.3. The van der Waals surface area contributed by atoms with E-state index in [0.29, 0.717) is 0 Å². The first-order valence-corrected chi connectivity index (χ1v) is 13.2. The molecule has 1 fully saturated rings. The molecule has 4 heteroatoms. The van der Waals surface area contributed by atoms with Crippen LogP contribution in [0.4, 0.5) is 0 Å². The lowest BCUT2D eigenvalue weighted by Crippen LogP contribution is -2.32. The Morgan fingerprint density at radius 2 is 1.49 bits per heavy atom. The van der Waals surface area contributed by atoms with Crippen LogP contribution in [0.25, 0.3) is 21.8 Å². The van der Waals surface area contributed by atoms with E-state index in [9.17, 15) is 0 Å². The maximum absolute atomic E-state index is 5.95. The molecule has 0 unspecified atom stereocenters. The van der Waals surface area contributed by atoms with Crippen LogP contribution in [0, 0.1) is 11.8 Å². The number of nitrogens with zero attached hydrogens (tertiary/aromatic N) is 2. The highest BCUT2D eigenvalue weighted by Gasteiger charge is 2.23. The number of aryl methyl sites for hydroxylation is 1. The Morgan fingerprint density at radius 1 is 0.829 bits per heavy atom. The number of nitrogens with two attached hydrogens (primary N) is 1. The Balaban J connectivity index is 1.41. The summed E-state index contributed by atoms with van der Waals surface area (Å²) in [6.45, 7) is 7.11. The smallest absolute Gasteiger partial charge is 0.118 e. The lowest BCUT2D eigenvalue weighted by atomic mass is 9.82. The Morgan fingerprint density at radius 3 is 2.20 bits per heavy atom. The Labute approximate surface area is 209 Å². The molecule has 5 rings (SSSR count). The summed E-state index contributed by atoms with van der Waals surface area (Å²) in [5.41, 5.74) is 11.3.